The number of likely N-dealkylation sites (tertiary alicyclic amines) is 2. The van der Waals surface area contributed by atoms with E-state index < -0.39 is 0 Å². The van der Waals surface area contributed by atoms with Gasteiger partial charge in [-0.3, -0.25) is 9.69 Å². The number of likely N-dealkylation sites (N-methyl/N-ethyl adjacent to an activating group) is 1. The van der Waals surface area contributed by atoms with Crippen LogP contribution in [0.5, 0.6) is 0 Å². The number of rotatable bonds is 4. The van der Waals surface area contributed by atoms with Gasteiger partial charge in [0.1, 0.15) is 0 Å². The lowest BCUT2D eigenvalue weighted by Crippen LogP contribution is -2.49. The van der Waals surface area contributed by atoms with Gasteiger partial charge in [0.2, 0.25) is 5.91 Å². The average molecular weight is 211 g/mol. The van der Waals surface area contributed by atoms with Crippen LogP contribution in [-0.2, 0) is 4.79 Å². The monoisotopic (exact) mass is 211 g/mol. The van der Waals surface area contributed by atoms with Crippen molar-refractivity contribution < 1.29 is 4.79 Å². The molecule has 2 heterocycles. The summed E-state index contributed by atoms with van der Waals surface area (Å²) in [5, 5.41) is 3.20. The van der Waals surface area contributed by atoms with E-state index in [-0.39, 0.29) is 0 Å². The third-order valence-electron chi connectivity index (χ3n) is 3.49. The number of nitrogens with zero attached hydrogens (tertiary/aromatic N) is 2. The Bertz CT molecular complexity index is 228. The highest BCUT2D eigenvalue weighted by molar-refractivity contribution is 5.79. The van der Waals surface area contributed by atoms with Gasteiger partial charge in [-0.2, -0.15) is 0 Å². The number of carbonyl (C=O) groups excluding carboxylic acids is 1. The standard InChI is InChI=1S/C11H21N3O/c1-12-8-10-4-2-5-14(10)9-11(15)13-6-3-7-13/h10,12H,2-9H2,1H3. The molecular formula is C11H21N3O. The lowest BCUT2D eigenvalue weighted by molar-refractivity contribution is -0.136. The van der Waals surface area contributed by atoms with Gasteiger partial charge in [-0.1, -0.05) is 0 Å². The van der Waals surface area contributed by atoms with Crippen molar-refractivity contribution in [3.8, 4) is 0 Å². The Labute approximate surface area is 91.6 Å². The van der Waals surface area contributed by atoms with E-state index in [2.05, 4.69) is 10.2 Å². The van der Waals surface area contributed by atoms with Crippen LogP contribution in [0.1, 0.15) is 19.3 Å². The maximum Gasteiger partial charge on any atom is 0.236 e. The van der Waals surface area contributed by atoms with Crippen LogP contribution in [0.2, 0.25) is 0 Å². The molecule has 1 unspecified atom stereocenters. The maximum atomic E-state index is 11.8. The molecule has 15 heavy (non-hydrogen) atoms. The van der Waals surface area contributed by atoms with E-state index in [0.717, 1.165) is 26.2 Å². The number of hydrogen-bond acceptors (Lipinski definition) is 3. The highest BCUT2D eigenvalue weighted by Crippen LogP contribution is 2.17. The van der Waals surface area contributed by atoms with Gasteiger partial charge in [-0.15, -0.1) is 0 Å². The molecule has 0 aromatic heterocycles. The molecule has 0 aliphatic carbocycles. The molecule has 86 valence electrons. The molecule has 0 aromatic rings. The fourth-order valence-corrected chi connectivity index (χ4v) is 2.41. The first-order valence-corrected chi connectivity index (χ1v) is 5.97. The Morgan fingerprint density at radius 2 is 2.13 bits per heavy atom. The average Bonchev–Trinajstić information content (AvgIpc) is 2.50. The Kier molecular flexibility index (Phi) is 3.59. The summed E-state index contributed by atoms with van der Waals surface area (Å²) in [6.45, 7) is 4.68. The number of amides is 1. The van der Waals surface area contributed by atoms with Crippen molar-refractivity contribution in [2.75, 3.05) is 39.8 Å². The van der Waals surface area contributed by atoms with E-state index in [1.54, 1.807) is 0 Å². The zero-order valence-electron chi connectivity index (χ0n) is 9.54. The van der Waals surface area contributed by atoms with E-state index in [0.29, 0.717) is 18.5 Å². The number of carbonyl (C=O) groups is 1. The normalized spacial score (nSPS) is 26.7. The summed E-state index contributed by atoms with van der Waals surface area (Å²) in [7, 11) is 1.98. The molecule has 2 aliphatic rings. The predicted octanol–water partition coefficient (Wildman–Crippen LogP) is -0.0975. The van der Waals surface area contributed by atoms with Crippen LogP contribution in [0.25, 0.3) is 0 Å². The van der Waals surface area contributed by atoms with Gasteiger partial charge >= 0.3 is 0 Å². The van der Waals surface area contributed by atoms with Gasteiger partial charge in [0.15, 0.2) is 0 Å². The van der Waals surface area contributed by atoms with Gasteiger partial charge in [-0.05, 0) is 32.9 Å². The molecule has 1 N–H and O–H groups in total. The second-order valence-electron chi connectivity index (χ2n) is 4.56. The summed E-state index contributed by atoms with van der Waals surface area (Å²) in [6.07, 6.45) is 3.65. The molecule has 0 spiro atoms. The molecule has 4 heteroatoms. The van der Waals surface area contributed by atoms with Crippen molar-refractivity contribution >= 4 is 5.91 Å². The number of hydrogen-bond donors (Lipinski definition) is 1. The third-order valence-corrected chi connectivity index (χ3v) is 3.49. The van der Waals surface area contributed by atoms with Crippen LogP contribution in [0.3, 0.4) is 0 Å². The topological polar surface area (TPSA) is 35.6 Å². The van der Waals surface area contributed by atoms with E-state index in [9.17, 15) is 4.79 Å². The molecule has 1 atom stereocenters. The molecule has 1 amide bonds. The second kappa shape index (κ2) is 4.94. The first-order valence-electron chi connectivity index (χ1n) is 5.97. The summed E-state index contributed by atoms with van der Waals surface area (Å²) >= 11 is 0. The fraction of sp³-hybridized carbons (Fsp3) is 0.909. The van der Waals surface area contributed by atoms with Crippen molar-refractivity contribution in [1.29, 1.82) is 0 Å². The fourth-order valence-electron chi connectivity index (χ4n) is 2.41. The predicted molar refractivity (Wildman–Crippen MR) is 59.7 cm³/mol. The van der Waals surface area contributed by atoms with Crippen LogP contribution in [0.15, 0.2) is 0 Å². The first kappa shape index (κ1) is 10.9. The Balaban J connectivity index is 1.79. The molecule has 0 aromatic carbocycles. The van der Waals surface area contributed by atoms with Gasteiger partial charge in [0, 0.05) is 25.7 Å². The minimum atomic E-state index is 0.323. The highest BCUT2D eigenvalue weighted by Gasteiger charge is 2.28. The quantitative estimate of drug-likeness (QED) is 0.705. The van der Waals surface area contributed by atoms with Crippen LogP contribution >= 0.6 is 0 Å². The van der Waals surface area contributed by atoms with E-state index in [1.165, 1.54) is 19.3 Å². The van der Waals surface area contributed by atoms with Crippen LogP contribution in [0.4, 0.5) is 0 Å². The summed E-state index contributed by atoms with van der Waals surface area (Å²) < 4.78 is 0. The maximum absolute atomic E-state index is 11.8. The molecule has 2 rings (SSSR count). The van der Waals surface area contributed by atoms with Crippen molar-refractivity contribution in [3.05, 3.63) is 0 Å². The van der Waals surface area contributed by atoms with Gasteiger partial charge in [-0.25, -0.2) is 0 Å². The number of nitrogens with one attached hydrogen (secondary N) is 1. The lowest BCUT2D eigenvalue weighted by atomic mass is 10.2. The third kappa shape index (κ3) is 2.49. The molecular weight excluding hydrogens is 190 g/mol. The largest absolute Gasteiger partial charge is 0.341 e. The Hall–Kier alpha value is -0.610. The summed E-state index contributed by atoms with van der Waals surface area (Å²) in [4.78, 5) is 16.1. The molecule has 4 nitrogen and oxygen atoms in total. The van der Waals surface area contributed by atoms with Crippen molar-refractivity contribution in [2.45, 2.75) is 25.3 Å². The van der Waals surface area contributed by atoms with Crippen LogP contribution in [0, 0.1) is 0 Å². The Morgan fingerprint density at radius 1 is 1.33 bits per heavy atom. The van der Waals surface area contributed by atoms with Crippen molar-refractivity contribution in [3.63, 3.8) is 0 Å². The molecule has 0 bridgehead atoms. The molecule has 2 saturated heterocycles. The van der Waals surface area contributed by atoms with Crippen molar-refractivity contribution in [1.82, 2.24) is 15.1 Å². The Morgan fingerprint density at radius 3 is 2.73 bits per heavy atom. The zero-order chi connectivity index (χ0) is 10.7. The van der Waals surface area contributed by atoms with Gasteiger partial charge in [0.05, 0.1) is 6.54 Å². The van der Waals surface area contributed by atoms with Crippen molar-refractivity contribution in [2.24, 2.45) is 0 Å². The second-order valence-corrected chi connectivity index (χ2v) is 4.56. The minimum absolute atomic E-state index is 0.323. The van der Waals surface area contributed by atoms with E-state index in [4.69, 9.17) is 0 Å². The molecule has 2 aliphatic heterocycles. The minimum Gasteiger partial charge on any atom is -0.341 e. The SMILES string of the molecule is CNCC1CCCN1CC(=O)N1CCC1. The van der Waals surface area contributed by atoms with Gasteiger partial charge in [0.25, 0.3) is 0 Å². The van der Waals surface area contributed by atoms with E-state index >= 15 is 0 Å². The highest BCUT2D eigenvalue weighted by atomic mass is 16.2. The first-order chi connectivity index (χ1) is 7.31. The summed E-state index contributed by atoms with van der Waals surface area (Å²) in [5.41, 5.74) is 0. The zero-order valence-corrected chi connectivity index (χ0v) is 9.54. The summed E-state index contributed by atoms with van der Waals surface area (Å²) in [5.74, 6) is 0.323. The molecule has 0 saturated carbocycles. The van der Waals surface area contributed by atoms with Crippen LogP contribution in [-0.4, -0.2) is 61.5 Å². The van der Waals surface area contributed by atoms with Gasteiger partial charge < -0.3 is 10.2 Å². The van der Waals surface area contributed by atoms with E-state index in [1.807, 2.05) is 11.9 Å². The van der Waals surface area contributed by atoms with Crippen LogP contribution < -0.4 is 5.32 Å². The smallest absolute Gasteiger partial charge is 0.236 e. The molecule has 0 radical (unpaired) electrons. The lowest BCUT2D eigenvalue weighted by Gasteiger charge is -2.33. The summed E-state index contributed by atoms with van der Waals surface area (Å²) in [6, 6.07) is 0.570. The molecule has 2 fully saturated rings.